The minimum atomic E-state index is -0.488. The number of aryl methyl sites for hydroxylation is 3. The van der Waals surface area contributed by atoms with E-state index in [4.69, 9.17) is 0 Å². The number of urea groups is 1. The standard InChI is InChI=1S/C22H23BrFN3O/c1-14-9-15(2)19(16(3)10-14)13-27-8-4-5-18(27)12-25-22(28)26-21-7-6-17(23)11-20(21)24/h4-11H,12-13H2,1-3H3,(H2,25,26,28). The summed E-state index contributed by atoms with van der Waals surface area (Å²) in [5, 5.41) is 5.33. The molecule has 2 aromatic carbocycles. The molecule has 0 spiro atoms. The highest BCUT2D eigenvalue weighted by molar-refractivity contribution is 9.10. The van der Waals surface area contributed by atoms with Crippen LogP contribution in [0.1, 0.15) is 27.9 Å². The van der Waals surface area contributed by atoms with Gasteiger partial charge >= 0.3 is 6.03 Å². The first-order valence-electron chi connectivity index (χ1n) is 9.04. The van der Waals surface area contributed by atoms with E-state index in [0.717, 1.165) is 12.2 Å². The van der Waals surface area contributed by atoms with E-state index < -0.39 is 11.8 Å². The number of hydrogen-bond donors (Lipinski definition) is 2. The highest BCUT2D eigenvalue weighted by atomic mass is 79.9. The number of nitrogens with one attached hydrogen (secondary N) is 2. The molecule has 0 unspecified atom stereocenters. The van der Waals surface area contributed by atoms with Gasteiger partial charge < -0.3 is 15.2 Å². The lowest BCUT2D eigenvalue weighted by Crippen LogP contribution is -2.29. The maximum absolute atomic E-state index is 13.9. The van der Waals surface area contributed by atoms with Crippen molar-refractivity contribution in [1.29, 1.82) is 0 Å². The summed E-state index contributed by atoms with van der Waals surface area (Å²) < 4.78 is 16.6. The number of carbonyl (C=O) groups excluding carboxylic acids is 1. The Morgan fingerprint density at radius 1 is 1.11 bits per heavy atom. The lowest BCUT2D eigenvalue weighted by atomic mass is 10.00. The highest BCUT2D eigenvalue weighted by Crippen LogP contribution is 2.20. The largest absolute Gasteiger partial charge is 0.345 e. The second-order valence-corrected chi connectivity index (χ2v) is 7.85. The van der Waals surface area contributed by atoms with Gasteiger partial charge in [0.2, 0.25) is 0 Å². The van der Waals surface area contributed by atoms with E-state index in [0.29, 0.717) is 11.0 Å². The minimum Gasteiger partial charge on any atom is -0.345 e. The molecule has 0 aliphatic carbocycles. The molecule has 2 amide bonds. The van der Waals surface area contributed by atoms with Crippen LogP contribution >= 0.6 is 15.9 Å². The first-order valence-corrected chi connectivity index (χ1v) is 9.83. The Hall–Kier alpha value is -2.60. The number of amides is 2. The van der Waals surface area contributed by atoms with Crippen molar-refractivity contribution >= 4 is 27.6 Å². The van der Waals surface area contributed by atoms with Gasteiger partial charge in [-0.2, -0.15) is 0 Å². The number of halogens is 2. The van der Waals surface area contributed by atoms with Crippen LogP contribution in [-0.2, 0) is 13.1 Å². The Bertz CT molecular complexity index is 990. The lowest BCUT2D eigenvalue weighted by Gasteiger charge is -2.15. The van der Waals surface area contributed by atoms with Gasteiger partial charge in [0.25, 0.3) is 0 Å². The Morgan fingerprint density at radius 3 is 2.50 bits per heavy atom. The summed E-state index contributed by atoms with van der Waals surface area (Å²) in [4.78, 5) is 12.2. The molecular formula is C22H23BrFN3O. The summed E-state index contributed by atoms with van der Waals surface area (Å²) >= 11 is 3.20. The van der Waals surface area contributed by atoms with Gasteiger partial charge in [-0.05, 0) is 67.8 Å². The average molecular weight is 444 g/mol. The molecular weight excluding hydrogens is 421 g/mol. The predicted octanol–water partition coefficient (Wildman–Crippen LogP) is 5.68. The quantitative estimate of drug-likeness (QED) is 0.522. The zero-order valence-corrected chi connectivity index (χ0v) is 17.7. The maximum atomic E-state index is 13.9. The molecule has 0 atom stereocenters. The number of hydrogen-bond acceptors (Lipinski definition) is 1. The van der Waals surface area contributed by atoms with Crippen LogP contribution in [-0.4, -0.2) is 10.6 Å². The van der Waals surface area contributed by atoms with Crippen LogP contribution in [0.3, 0.4) is 0 Å². The Balaban J connectivity index is 1.65. The van der Waals surface area contributed by atoms with Gasteiger partial charge in [0.15, 0.2) is 0 Å². The summed E-state index contributed by atoms with van der Waals surface area (Å²) in [6.07, 6.45) is 2.00. The molecule has 2 N–H and O–H groups in total. The van der Waals surface area contributed by atoms with E-state index in [9.17, 15) is 9.18 Å². The van der Waals surface area contributed by atoms with Crippen LogP contribution < -0.4 is 10.6 Å². The van der Waals surface area contributed by atoms with Crippen LogP contribution in [0.25, 0.3) is 0 Å². The zero-order chi connectivity index (χ0) is 20.3. The average Bonchev–Trinajstić information content (AvgIpc) is 3.06. The number of nitrogens with zero attached hydrogens (tertiary/aromatic N) is 1. The first kappa shape index (κ1) is 20.1. The van der Waals surface area contributed by atoms with Crippen LogP contribution in [0.2, 0.25) is 0 Å². The van der Waals surface area contributed by atoms with Crippen molar-refractivity contribution in [3.63, 3.8) is 0 Å². The molecule has 6 heteroatoms. The van der Waals surface area contributed by atoms with Gasteiger partial charge in [0.05, 0.1) is 12.2 Å². The smallest absolute Gasteiger partial charge is 0.319 e. The minimum absolute atomic E-state index is 0.141. The summed E-state index contributed by atoms with van der Waals surface area (Å²) in [6, 6.07) is 12.4. The van der Waals surface area contributed by atoms with E-state index in [-0.39, 0.29) is 5.69 Å². The van der Waals surface area contributed by atoms with Gasteiger partial charge in [0, 0.05) is 22.9 Å². The van der Waals surface area contributed by atoms with Crippen molar-refractivity contribution in [2.45, 2.75) is 33.9 Å². The molecule has 146 valence electrons. The molecule has 0 aliphatic rings. The topological polar surface area (TPSA) is 46.1 Å². The van der Waals surface area contributed by atoms with Crippen molar-refractivity contribution in [1.82, 2.24) is 9.88 Å². The number of rotatable bonds is 5. The molecule has 28 heavy (non-hydrogen) atoms. The number of aromatic nitrogens is 1. The maximum Gasteiger partial charge on any atom is 0.319 e. The van der Waals surface area contributed by atoms with E-state index in [2.05, 4.69) is 64.0 Å². The van der Waals surface area contributed by atoms with E-state index >= 15 is 0 Å². The third-order valence-corrected chi connectivity index (χ3v) is 5.20. The van der Waals surface area contributed by atoms with Gasteiger partial charge in [-0.15, -0.1) is 0 Å². The number of anilines is 1. The van der Waals surface area contributed by atoms with Crippen molar-refractivity contribution in [2.75, 3.05) is 5.32 Å². The van der Waals surface area contributed by atoms with Gasteiger partial charge in [-0.1, -0.05) is 33.6 Å². The third-order valence-electron chi connectivity index (χ3n) is 4.70. The summed E-state index contributed by atoms with van der Waals surface area (Å²) in [7, 11) is 0. The second-order valence-electron chi connectivity index (χ2n) is 6.94. The summed E-state index contributed by atoms with van der Waals surface area (Å²) in [5.74, 6) is -0.488. The van der Waals surface area contributed by atoms with Crippen LogP contribution in [0.5, 0.6) is 0 Å². The predicted molar refractivity (Wildman–Crippen MR) is 114 cm³/mol. The van der Waals surface area contributed by atoms with Crippen molar-refractivity contribution < 1.29 is 9.18 Å². The van der Waals surface area contributed by atoms with Crippen molar-refractivity contribution in [3.05, 3.63) is 86.9 Å². The van der Waals surface area contributed by atoms with E-state index in [1.807, 2.05) is 18.3 Å². The number of benzene rings is 2. The van der Waals surface area contributed by atoms with Crippen LogP contribution in [0, 0.1) is 26.6 Å². The fraction of sp³-hybridized carbons (Fsp3) is 0.227. The molecule has 0 radical (unpaired) electrons. The van der Waals surface area contributed by atoms with Crippen molar-refractivity contribution in [3.8, 4) is 0 Å². The van der Waals surface area contributed by atoms with Crippen LogP contribution in [0.4, 0.5) is 14.9 Å². The second kappa shape index (κ2) is 8.61. The highest BCUT2D eigenvalue weighted by Gasteiger charge is 2.10. The molecule has 1 heterocycles. The number of carbonyl (C=O) groups is 1. The Labute approximate surface area is 172 Å². The molecule has 1 aromatic heterocycles. The lowest BCUT2D eigenvalue weighted by molar-refractivity contribution is 0.251. The Morgan fingerprint density at radius 2 is 1.82 bits per heavy atom. The van der Waals surface area contributed by atoms with E-state index in [1.165, 1.54) is 34.4 Å². The molecule has 0 saturated heterocycles. The van der Waals surface area contributed by atoms with Gasteiger partial charge in [0.1, 0.15) is 5.82 Å². The molecule has 0 saturated carbocycles. The fourth-order valence-corrected chi connectivity index (χ4v) is 3.66. The van der Waals surface area contributed by atoms with E-state index in [1.54, 1.807) is 6.07 Å². The normalized spacial score (nSPS) is 10.8. The Kier molecular flexibility index (Phi) is 6.19. The van der Waals surface area contributed by atoms with Crippen molar-refractivity contribution in [2.24, 2.45) is 0 Å². The monoisotopic (exact) mass is 443 g/mol. The summed E-state index contributed by atoms with van der Waals surface area (Å²) in [6.45, 7) is 7.43. The van der Waals surface area contributed by atoms with Gasteiger partial charge in [-0.3, -0.25) is 0 Å². The molecule has 3 rings (SSSR count). The molecule has 0 aliphatic heterocycles. The molecule has 0 bridgehead atoms. The SMILES string of the molecule is Cc1cc(C)c(Cn2cccc2CNC(=O)Nc2ccc(Br)cc2F)c(C)c1. The molecule has 3 aromatic rings. The van der Waals surface area contributed by atoms with Gasteiger partial charge in [-0.25, -0.2) is 9.18 Å². The third kappa shape index (κ3) is 4.81. The first-order chi connectivity index (χ1) is 13.3. The molecule has 0 fully saturated rings. The molecule has 4 nitrogen and oxygen atoms in total. The fourth-order valence-electron chi connectivity index (χ4n) is 3.32. The summed E-state index contributed by atoms with van der Waals surface area (Å²) in [5.41, 5.74) is 6.17. The van der Waals surface area contributed by atoms with Crippen LogP contribution in [0.15, 0.2) is 53.1 Å². The zero-order valence-electron chi connectivity index (χ0n) is 16.1.